The monoisotopic (exact) mass is 340 g/mol. The van der Waals surface area contributed by atoms with Crippen LogP contribution in [0.4, 0.5) is 0 Å². The van der Waals surface area contributed by atoms with Gasteiger partial charge in [0.25, 0.3) is 5.91 Å². The molecule has 0 radical (unpaired) electrons. The van der Waals surface area contributed by atoms with Gasteiger partial charge in [-0.1, -0.05) is 56.7 Å². The molecule has 1 heterocycles. The van der Waals surface area contributed by atoms with Crippen molar-refractivity contribution in [2.45, 2.75) is 82.3 Å². The average Bonchev–Trinajstić information content (AvgIpc) is 3.13. The zero-order chi connectivity index (χ0) is 17.2. The Balaban J connectivity index is 1.63. The van der Waals surface area contributed by atoms with E-state index < -0.39 is 6.04 Å². The molecule has 134 valence electrons. The number of nitrogens with one attached hydrogen (secondary N) is 1. The van der Waals surface area contributed by atoms with E-state index in [1.54, 1.807) is 0 Å². The van der Waals surface area contributed by atoms with E-state index in [2.05, 4.69) is 5.32 Å². The minimum Gasteiger partial charge on any atom is -0.351 e. The van der Waals surface area contributed by atoms with E-state index in [1.165, 1.54) is 25.7 Å². The molecule has 1 aromatic rings. The smallest absolute Gasteiger partial charge is 0.255 e. The zero-order valence-electron chi connectivity index (χ0n) is 14.9. The van der Waals surface area contributed by atoms with E-state index in [1.807, 2.05) is 29.2 Å². The molecule has 1 aromatic carbocycles. The molecule has 0 aromatic heterocycles. The molecule has 4 rings (SSSR count). The molecule has 1 N–H and O–H groups in total. The van der Waals surface area contributed by atoms with Crippen LogP contribution < -0.4 is 5.32 Å². The molecule has 0 spiro atoms. The summed E-state index contributed by atoms with van der Waals surface area (Å²) in [5, 5.41) is 3.23. The molecule has 1 aliphatic heterocycles. The van der Waals surface area contributed by atoms with Crippen molar-refractivity contribution in [1.82, 2.24) is 10.2 Å². The summed E-state index contributed by atoms with van der Waals surface area (Å²) < 4.78 is 0. The average molecular weight is 340 g/mol. The Morgan fingerprint density at radius 1 is 0.920 bits per heavy atom. The first-order valence-corrected chi connectivity index (χ1v) is 9.97. The zero-order valence-corrected chi connectivity index (χ0v) is 14.9. The molecule has 4 nitrogen and oxygen atoms in total. The highest BCUT2D eigenvalue weighted by molar-refractivity contribution is 6.04. The van der Waals surface area contributed by atoms with Gasteiger partial charge in [-0.15, -0.1) is 0 Å². The normalized spacial score (nSPS) is 25.0. The number of hydrogen-bond acceptors (Lipinski definition) is 2. The Morgan fingerprint density at radius 3 is 2.28 bits per heavy atom. The second-order valence-corrected chi connectivity index (χ2v) is 7.84. The van der Waals surface area contributed by atoms with Gasteiger partial charge in [0.1, 0.15) is 6.04 Å². The molecule has 0 bridgehead atoms. The molecule has 0 unspecified atom stereocenters. The molecule has 0 saturated heterocycles. The van der Waals surface area contributed by atoms with E-state index in [0.717, 1.165) is 49.7 Å². The SMILES string of the molecule is O=C(NC1CCCC1)[C@@H]1c2ccccc2C(=O)N1C1CCCCCC1. The van der Waals surface area contributed by atoms with E-state index >= 15 is 0 Å². The molecule has 25 heavy (non-hydrogen) atoms. The Kier molecular flexibility index (Phi) is 4.78. The molecular weight excluding hydrogens is 312 g/mol. The van der Waals surface area contributed by atoms with Gasteiger partial charge in [0, 0.05) is 17.6 Å². The summed E-state index contributed by atoms with van der Waals surface area (Å²) >= 11 is 0. The lowest BCUT2D eigenvalue weighted by Crippen LogP contribution is -2.46. The molecule has 4 heteroatoms. The third kappa shape index (κ3) is 3.19. The fourth-order valence-corrected chi connectivity index (χ4v) is 4.87. The van der Waals surface area contributed by atoms with Crippen LogP contribution in [0.2, 0.25) is 0 Å². The summed E-state index contributed by atoms with van der Waals surface area (Å²) in [5.74, 6) is 0.0727. The van der Waals surface area contributed by atoms with E-state index in [-0.39, 0.29) is 23.9 Å². The summed E-state index contributed by atoms with van der Waals surface area (Å²) in [4.78, 5) is 28.2. The minimum atomic E-state index is -0.438. The maximum Gasteiger partial charge on any atom is 0.255 e. The first kappa shape index (κ1) is 16.6. The first-order valence-electron chi connectivity index (χ1n) is 9.97. The third-order valence-electron chi connectivity index (χ3n) is 6.17. The lowest BCUT2D eigenvalue weighted by Gasteiger charge is -2.33. The summed E-state index contributed by atoms with van der Waals surface area (Å²) in [5.41, 5.74) is 1.62. The number of fused-ring (bicyclic) bond motifs is 1. The Hall–Kier alpha value is -1.84. The van der Waals surface area contributed by atoms with Crippen LogP contribution in [0, 0.1) is 0 Å². The Labute approximate surface area is 150 Å². The highest BCUT2D eigenvalue weighted by atomic mass is 16.2. The summed E-state index contributed by atoms with van der Waals surface area (Å²) in [7, 11) is 0. The highest BCUT2D eigenvalue weighted by Crippen LogP contribution is 2.38. The number of amides is 2. The number of rotatable bonds is 3. The van der Waals surface area contributed by atoms with E-state index in [4.69, 9.17) is 0 Å². The molecule has 2 amide bonds. The third-order valence-corrected chi connectivity index (χ3v) is 6.17. The maximum absolute atomic E-state index is 13.1. The molecule has 3 aliphatic rings. The van der Waals surface area contributed by atoms with Crippen molar-refractivity contribution in [3.05, 3.63) is 35.4 Å². The lowest BCUT2D eigenvalue weighted by atomic mass is 10.0. The van der Waals surface area contributed by atoms with Crippen LogP contribution in [0.3, 0.4) is 0 Å². The fourth-order valence-electron chi connectivity index (χ4n) is 4.87. The Morgan fingerprint density at radius 2 is 1.56 bits per heavy atom. The second kappa shape index (κ2) is 7.19. The van der Waals surface area contributed by atoms with Gasteiger partial charge < -0.3 is 10.2 Å². The predicted octanol–water partition coefficient (Wildman–Crippen LogP) is 3.97. The Bertz CT molecular complexity index is 643. The largest absolute Gasteiger partial charge is 0.351 e. The number of benzene rings is 1. The standard InChI is InChI=1S/C21H28N2O2/c24-20(22-15-9-5-6-10-15)19-17-13-7-8-14-18(17)21(25)23(19)16-11-3-1-2-4-12-16/h7-8,13-16,19H,1-6,9-12H2,(H,22,24)/t19-/m0/s1. The van der Waals surface area contributed by atoms with Crippen LogP contribution in [0.1, 0.15) is 86.2 Å². The van der Waals surface area contributed by atoms with Crippen LogP contribution in [-0.4, -0.2) is 28.8 Å². The van der Waals surface area contributed by atoms with Crippen LogP contribution in [0.25, 0.3) is 0 Å². The molecule has 1 atom stereocenters. The van der Waals surface area contributed by atoms with Crippen LogP contribution in [0.15, 0.2) is 24.3 Å². The number of carbonyl (C=O) groups excluding carboxylic acids is 2. The van der Waals surface area contributed by atoms with Gasteiger partial charge in [-0.05, 0) is 37.3 Å². The molecule has 2 saturated carbocycles. The molecule has 2 aliphatic carbocycles. The molecular formula is C21H28N2O2. The number of nitrogens with zero attached hydrogens (tertiary/aromatic N) is 1. The number of carbonyl (C=O) groups is 2. The van der Waals surface area contributed by atoms with Crippen LogP contribution in [0.5, 0.6) is 0 Å². The van der Waals surface area contributed by atoms with Gasteiger partial charge in [0.05, 0.1) is 0 Å². The van der Waals surface area contributed by atoms with Gasteiger partial charge in [-0.2, -0.15) is 0 Å². The predicted molar refractivity (Wildman–Crippen MR) is 97.2 cm³/mol. The van der Waals surface area contributed by atoms with Gasteiger partial charge in [-0.25, -0.2) is 0 Å². The van der Waals surface area contributed by atoms with Crippen molar-refractivity contribution in [2.75, 3.05) is 0 Å². The maximum atomic E-state index is 13.1. The van der Waals surface area contributed by atoms with Crippen molar-refractivity contribution in [2.24, 2.45) is 0 Å². The van der Waals surface area contributed by atoms with E-state index in [0.29, 0.717) is 0 Å². The van der Waals surface area contributed by atoms with Crippen LogP contribution >= 0.6 is 0 Å². The highest BCUT2D eigenvalue weighted by Gasteiger charge is 2.44. The van der Waals surface area contributed by atoms with Crippen molar-refractivity contribution in [1.29, 1.82) is 0 Å². The lowest BCUT2D eigenvalue weighted by molar-refractivity contribution is -0.127. The topological polar surface area (TPSA) is 49.4 Å². The van der Waals surface area contributed by atoms with Gasteiger partial charge in [0.15, 0.2) is 0 Å². The summed E-state index contributed by atoms with van der Waals surface area (Å²) in [6.45, 7) is 0. The van der Waals surface area contributed by atoms with Crippen molar-refractivity contribution in [3.63, 3.8) is 0 Å². The van der Waals surface area contributed by atoms with Gasteiger partial charge in [0.2, 0.25) is 5.91 Å². The van der Waals surface area contributed by atoms with Gasteiger partial charge in [-0.3, -0.25) is 9.59 Å². The number of hydrogen-bond donors (Lipinski definition) is 1. The fraction of sp³-hybridized carbons (Fsp3) is 0.619. The van der Waals surface area contributed by atoms with Crippen molar-refractivity contribution < 1.29 is 9.59 Å². The van der Waals surface area contributed by atoms with Crippen molar-refractivity contribution >= 4 is 11.8 Å². The van der Waals surface area contributed by atoms with E-state index in [9.17, 15) is 9.59 Å². The minimum absolute atomic E-state index is 0.0226. The van der Waals surface area contributed by atoms with Crippen molar-refractivity contribution in [3.8, 4) is 0 Å². The summed E-state index contributed by atoms with van der Waals surface area (Å²) in [6, 6.07) is 7.73. The summed E-state index contributed by atoms with van der Waals surface area (Å²) in [6.07, 6.45) is 11.3. The molecule has 2 fully saturated rings. The first-order chi connectivity index (χ1) is 12.3. The second-order valence-electron chi connectivity index (χ2n) is 7.84. The van der Waals surface area contributed by atoms with Crippen LogP contribution in [-0.2, 0) is 4.79 Å². The van der Waals surface area contributed by atoms with Gasteiger partial charge >= 0.3 is 0 Å². The quantitative estimate of drug-likeness (QED) is 0.847.